The van der Waals surface area contributed by atoms with Gasteiger partial charge in [0.1, 0.15) is 5.75 Å². The molecule has 0 bridgehead atoms. The van der Waals surface area contributed by atoms with E-state index in [4.69, 9.17) is 4.74 Å². The topological polar surface area (TPSA) is 43.4 Å². The maximum atomic E-state index is 13.3. The zero-order valence-electron chi connectivity index (χ0n) is 15.4. The van der Waals surface area contributed by atoms with Crippen molar-refractivity contribution >= 4 is 33.1 Å². The Morgan fingerprint density at radius 3 is 2.25 bits per heavy atom. The molecule has 0 saturated carbocycles. The van der Waals surface area contributed by atoms with Crippen molar-refractivity contribution in [1.82, 2.24) is 0 Å². The Kier molecular flexibility index (Phi) is 3.59. The third-order valence-corrected chi connectivity index (χ3v) is 5.52. The molecule has 1 aliphatic rings. The molecule has 3 heteroatoms. The van der Waals surface area contributed by atoms with Crippen molar-refractivity contribution in [2.45, 2.75) is 18.9 Å². The maximum absolute atomic E-state index is 13.3. The van der Waals surface area contributed by atoms with Crippen LogP contribution in [0.5, 0.6) is 5.75 Å². The SMILES string of the molecule is CC1(CC(=O)c2cccc3ccccc23)Oc2ccc3ccccc3c2C1=O. The van der Waals surface area contributed by atoms with Gasteiger partial charge in [0, 0.05) is 5.56 Å². The van der Waals surface area contributed by atoms with Crippen molar-refractivity contribution in [2.24, 2.45) is 0 Å². The molecule has 0 saturated heterocycles. The molecule has 0 aliphatic carbocycles. The predicted molar refractivity (Wildman–Crippen MR) is 110 cm³/mol. The molecule has 0 aromatic heterocycles. The molecular weight excluding hydrogens is 348 g/mol. The molecule has 0 fully saturated rings. The van der Waals surface area contributed by atoms with Crippen LogP contribution in [0.1, 0.15) is 34.1 Å². The summed E-state index contributed by atoms with van der Waals surface area (Å²) in [5, 5.41) is 3.76. The molecule has 0 radical (unpaired) electrons. The van der Waals surface area contributed by atoms with E-state index in [1.165, 1.54) is 0 Å². The van der Waals surface area contributed by atoms with E-state index in [9.17, 15) is 9.59 Å². The number of ketones is 2. The lowest BCUT2D eigenvalue weighted by Gasteiger charge is -2.21. The van der Waals surface area contributed by atoms with Crippen LogP contribution in [-0.2, 0) is 0 Å². The molecule has 0 spiro atoms. The van der Waals surface area contributed by atoms with Gasteiger partial charge in [0.2, 0.25) is 5.78 Å². The van der Waals surface area contributed by atoms with E-state index in [0.29, 0.717) is 16.9 Å². The average Bonchev–Trinajstić information content (AvgIpc) is 2.98. The van der Waals surface area contributed by atoms with E-state index in [1.807, 2.05) is 78.9 Å². The van der Waals surface area contributed by atoms with Gasteiger partial charge in [0.15, 0.2) is 11.4 Å². The maximum Gasteiger partial charge on any atom is 0.210 e. The van der Waals surface area contributed by atoms with Crippen molar-refractivity contribution in [1.29, 1.82) is 0 Å². The van der Waals surface area contributed by atoms with E-state index in [2.05, 4.69) is 0 Å². The summed E-state index contributed by atoms with van der Waals surface area (Å²) in [6, 6.07) is 25.0. The van der Waals surface area contributed by atoms with Crippen LogP contribution in [0.3, 0.4) is 0 Å². The number of carbonyl (C=O) groups is 2. The fourth-order valence-electron chi connectivity index (χ4n) is 4.11. The van der Waals surface area contributed by atoms with Gasteiger partial charge in [0.25, 0.3) is 0 Å². The van der Waals surface area contributed by atoms with Crippen LogP contribution in [-0.4, -0.2) is 17.2 Å². The second-order valence-corrected chi connectivity index (χ2v) is 7.45. The molecule has 4 aromatic rings. The first-order valence-corrected chi connectivity index (χ1v) is 9.33. The summed E-state index contributed by atoms with van der Waals surface area (Å²) in [5.41, 5.74) is 0.00313. The van der Waals surface area contributed by atoms with Crippen LogP contribution in [0, 0.1) is 0 Å². The van der Waals surface area contributed by atoms with Gasteiger partial charge in [-0.15, -0.1) is 0 Å². The Labute approximate surface area is 162 Å². The van der Waals surface area contributed by atoms with E-state index >= 15 is 0 Å². The molecule has 0 N–H and O–H groups in total. The summed E-state index contributed by atoms with van der Waals surface area (Å²) in [5.74, 6) is 0.328. The van der Waals surface area contributed by atoms with Gasteiger partial charge in [-0.3, -0.25) is 9.59 Å². The molecule has 3 nitrogen and oxygen atoms in total. The highest BCUT2D eigenvalue weighted by Crippen LogP contribution is 2.41. The summed E-state index contributed by atoms with van der Waals surface area (Å²) < 4.78 is 6.05. The minimum absolute atomic E-state index is 0.00283. The molecular formula is C25H18O3. The van der Waals surface area contributed by atoms with E-state index in [0.717, 1.165) is 21.5 Å². The molecule has 4 aromatic carbocycles. The van der Waals surface area contributed by atoms with Crippen LogP contribution in [0.25, 0.3) is 21.5 Å². The van der Waals surface area contributed by atoms with Gasteiger partial charge < -0.3 is 4.74 Å². The molecule has 136 valence electrons. The van der Waals surface area contributed by atoms with Crippen molar-refractivity contribution < 1.29 is 14.3 Å². The van der Waals surface area contributed by atoms with Gasteiger partial charge in [-0.2, -0.15) is 0 Å². The average molecular weight is 366 g/mol. The lowest BCUT2D eigenvalue weighted by molar-refractivity contribution is 0.0554. The second kappa shape index (κ2) is 6.03. The van der Waals surface area contributed by atoms with Crippen molar-refractivity contribution in [3.05, 3.63) is 90.0 Å². The number of benzene rings is 4. The lowest BCUT2D eigenvalue weighted by Crippen LogP contribution is -2.39. The monoisotopic (exact) mass is 366 g/mol. The lowest BCUT2D eigenvalue weighted by atomic mass is 9.87. The standard InChI is InChI=1S/C25H18O3/c1-25(15-21(26)20-12-6-9-16-7-2-4-10-18(16)20)24(27)23-19-11-5-3-8-17(19)13-14-22(23)28-25/h2-14H,15H2,1H3. The molecule has 1 unspecified atom stereocenters. The smallest absolute Gasteiger partial charge is 0.210 e. The predicted octanol–water partition coefficient (Wildman–Crippen LogP) is 5.60. The highest BCUT2D eigenvalue weighted by Gasteiger charge is 2.46. The number of rotatable bonds is 3. The van der Waals surface area contributed by atoms with Crippen LogP contribution in [0.2, 0.25) is 0 Å². The van der Waals surface area contributed by atoms with Crippen molar-refractivity contribution in [3.8, 4) is 5.75 Å². The summed E-state index contributed by atoms with van der Waals surface area (Å²) in [4.78, 5) is 26.4. The Bertz CT molecular complexity index is 1270. The molecule has 1 atom stereocenters. The number of ether oxygens (including phenoxy) is 1. The molecule has 1 aliphatic heterocycles. The number of hydrogen-bond acceptors (Lipinski definition) is 3. The van der Waals surface area contributed by atoms with Crippen molar-refractivity contribution in [3.63, 3.8) is 0 Å². The number of hydrogen-bond donors (Lipinski definition) is 0. The highest BCUT2D eigenvalue weighted by molar-refractivity contribution is 6.19. The van der Waals surface area contributed by atoms with Crippen molar-refractivity contribution in [2.75, 3.05) is 0 Å². The summed E-state index contributed by atoms with van der Waals surface area (Å²) in [6.45, 7) is 1.72. The van der Waals surface area contributed by atoms with Gasteiger partial charge in [-0.25, -0.2) is 0 Å². The Morgan fingerprint density at radius 2 is 1.46 bits per heavy atom. The van der Waals surface area contributed by atoms with Gasteiger partial charge in [0.05, 0.1) is 12.0 Å². The van der Waals surface area contributed by atoms with Crippen LogP contribution in [0.15, 0.2) is 78.9 Å². The third kappa shape index (κ3) is 2.43. The first-order valence-electron chi connectivity index (χ1n) is 9.33. The van der Waals surface area contributed by atoms with Gasteiger partial charge in [-0.05, 0) is 34.5 Å². The number of Topliss-reactive ketones (excluding diaryl/α,β-unsaturated/α-hetero) is 2. The molecule has 5 rings (SSSR count). The first kappa shape index (κ1) is 16.7. The minimum atomic E-state index is -1.19. The van der Waals surface area contributed by atoms with Crippen LogP contribution >= 0.6 is 0 Å². The largest absolute Gasteiger partial charge is 0.478 e. The Morgan fingerprint density at radius 1 is 0.821 bits per heavy atom. The number of carbonyl (C=O) groups excluding carboxylic acids is 2. The first-order chi connectivity index (χ1) is 13.6. The van der Waals surface area contributed by atoms with Gasteiger partial charge >= 0.3 is 0 Å². The van der Waals surface area contributed by atoms with Crippen LogP contribution in [0.4, 0.5) is 0 Å². The van der Waals surface area contributed by atoms with Crippen LogP contribution < -0.4 is 4.74 Å². The summed E-state index contributed by atoms with van der Waals surface area (Å²) in [7, 11) is 0. The quantitative estimate of drug-likeness (QED) is 0.443. The highest BCUT2D eigenvalue weighted by atomic mass is 16.5. The number of fused-ring (bicyclic) bond motifs is 4. The van der Waals surface area contributed by atoms with Gasteiger partial charge in [-0.1, -0.05) is 72.8 Å². The van der Waals surface area contributed by atoms with E-state index < -0.39 is 5.60 Å². The fourth-order valence-corrected chi connectivity index (χ4v) is 4.11. The molecule has 0 amide bonds. The second-order valence-electron chi connectivity index (χ2n) is 7.45. The van der Waals surface area contributed by atoms with E-state index in [-0.39, 0.29) is 18.0 Å². The fraction of sp³-hybridized carbons (Fsp3) is 0.120. The summed E-state index contributed by atoms with van der Waals surface area (Å²) >= 11 is 0. The Balaban J connectivity index is 1.54. The Hall–Kier alpha value is -3.46. The van der Waals surface area contributed by atoms with E-state index in [1.54, 1.807) is 6.92 Å². The zero-order chi connectivity index (χ0) is 19.3. The summed E-state index contributed by atoms with van der Waals surface area (Å²) in [6.07, 6.45) is 0.00283. The normalized spacial score (nSPS) is 18.2. The third-order valence-electron chi connectivity index (χ3n) is 5.52. The minimum Gasteiger partial charge on any atom is -0.478 e. The molecule has 28 heavy (non-hydrogen) atoms. The zero-order valence-corrected chi connectivity index (χ0v) is 15.4. The molecule has 1 heterocycles.